The molecule has 8 heteroatoms. The molecule has 1 N–H and O–H groups in total. The first kappa shape index (κ1) is 23.3. The number of nitrogens with zero attached hydrogens (tertiary/aromatic N) is 5. The lowest BCUT2D eigenvalue weighted by Gasteiger charge is -2.05. The zero-order valence-electron chi connectivity index (χ0n) is 18.8. The van der Waals surface area contributed by atoms with Gasteiger partial charge in [0.15, 0.2) is 11.6 Å². The molecule has 0 bridgehead atoms. The number of H-pyrrole nitrogens is 1. The Balaban J connectivity index is 0.000000176. The SMILES string of the molecule is Cc1cc(-c2nc(C)n(C)n2)cc(C)c1Br.Cc1nc(-c2cc(C)c(Br)c(C)c2)n[nH]1. The van der Waals surface area contributed by atoms with Crippen molar-refractivity contribution < 1.29 is 0 Å². The van der Waals surface area contributed by atoms with E-state index in [-0.39, 0.29) is 0 Å². The molecule has 2 heterocycles. The number of nitrogens with one attached hydrogen (secondary N) is 1. The molecule has 0 radical (unpaired) electrons. The molecule has 4 aromatic rings. The van der Waals surface area contributed by atoms with Crippen molar-refractivity contribution in [3.8, 4) is 22.8 Å². The largest absolute Gasteiger partial charge is 0.263 e. The Morgan fingerprint density at radius 3 is 1.52 bits per heavy atom. The fraction of sp³-hybridized carbons (Fsp3) is 0.304. The summed E-state index contributed by atoms with van der Waals surface area (Å²) in [4.78, 5) is 8.74. The summed E-state index contributed by atoms with van der Waals surface area (Å²) >= 11 is 7.10. The van der Waals surface area contributed by atoms with Gasteiger partial charge in [-0.2, -0.15) is 10.2 Å². The monoisotopic (exact) mass is 544 g/mol. The molecular formula is C23H26Br2N6. The van der Waals surface area contributed by atoms with Gasteiger partial charge in [-0.05, 0) is 88.1 Å². The lowest BCUT2D eigenvalue weighted by Crippen LogP contribution is -1.92. The van der Waals surface area contributed by atoms with Crippen LogP contribution in [-0.2, 0) is 7.05 Å². The number of aryl methyl sites for hydroxylation is 7. The highest BCUT2D eigenvalue weighted by Gasteiger charge is 2.10. The first-order chi connectivity index (χ1) is 14.6. The van der Waals surface area contributed by atoms with Gasteiger partial charge in [-0.3, -0.25) is 9.78 Å². The Hall–Kier alpha value is -2.32. The Labute approximate surface area is 199 Å². The summed E-state index contributed by atoms with van der Waals surface area (Å²) in [5.74, 6) is 3.31. The molecule has 4 rings (SSSR count). The van der Waals surface area contributed by atoms with E-state index < -0.39 is 0 Å². The quantitative estimate of drug-likeness (QED) is 0.319. The average Bonchev–Trinajstić information content (AvgIpc) is 3.29. The van der Waals surface area contributed by atoms with Gasteiger partial charge in [0, 0.05) is 27.1 Å². The maximum absolute atomic E-state index is 4.43. The Bertz CT molecular complexity index is 1170. The highest BCUT2D eigenvalue weighted by molar-refractivity contribution is 9.10. The van der Waals surface area contributed by atoms with Crippen LogP contribution in [0.15, 0.2) is 33.2 Å². The highest BCUT2D eigenvalue weighted by Crippen LogP contribution is 2.27. The van der Waals surface area contributed by atoms with E-state index >= 15 is 0 Å². The first-order valence-corrected chi connectivity index (χ1v) is 11.5. The van der Waals surface area contributed by atoms with Gasteiger partial charge in [-0.25, -0.2) is 9.97 Å². The third kappa shape index (κ3) is 5.30. The molecule has 0 aliphatic heterocycles. The van der Waals surface area contributed by atoms with Crippen molar-refractivity contribution in [2.75, 3.05) is 0 Å². The van der Waals surface area contributed by atoms with Crippen LogP contribution in [0.5, 0.6) is 0 Å². The summed E-state index contributed by atoms with van der Waals surface area (Å²) < 4.78 is 4.10. The maximum atomic E-state index is 4.43. The number of benzene rings is 2. The summed E-state index contributed by atoms with van der Waals surface area (Å²) in [6.07, 6.45) is 0. The Morgan fingerprint density at radius 1 is 0.710 bits per heavy atom. The van der Waals surface area contributed by atoms with Gasteiger partial charge in [0.25, 0.3) is 0 Å². The molecule has 0 unspecified atom stereocenters. The van der Waals surface area contributed by atoms with E-state index in [1.165, 1.54) is 22.3 Å². The van der Waals surface area contributed by atoms with Crippen molar-refractivity contribution in [3.63, 3.8) is 0 Å². The normalized spacial score (nSPS) is 10.7. The van der Waals surface area contributed by atoms with E-state index in [4.69, 9.17) is 0 Å². The van der Waals surface area contributed by atoms with Crippen molar-refractivity contribution in [2.24, 2.45) is 7.05 Å². The van der Waals surface area contributed by atoms with Crippen LogP contribution in [0, 0.1) is 41.5 Å². The van der Waals surface area contributed by atoms with E-state index in [0.717, 1.165) is 43.4 Å². The van der Waals surface area contributed by atoms with Crippen LogP contribution in [0.1, 0.15) is 33.9 Å². The third-order valence-electron chi connectivity index (χ3n) is 4.97. The smallest absolute Gasteiger partial charge is 0.181 e. The van der Waals surface area contributed by atoms with Gasteiger partial charge >= 0.3 is 0 Å². The standard InChI is InChI=1S/C12H14BrN3.C11H12BrN3/c1-7-5-10(6-8(2)11(7)13)12-14-9(3)16(4)15-12;1-6-4-9(5-7(2)10(6)12)11-13-8(3)14-15-11/h5-6H,1-4H3;4-5H,1-3H3,(H,13,14,15). The van der Waals surface area contributed by atoms with Gasteiger partial charge in [0.2, 0.25) is 0 Å². The number of hydrogen-bond donors (Lipinski definition) is 1. The molecule has 0 aliphatic carbocycles. The molecule has 0 saturated heterocycles. The van der Waals surface area contributed by atoms with Gasteiger partial charge in [-0.1, -0.05) is 31.9 Å². The lowest BCUT2D eigenvalue weighted by molar-refractivity contribution is 0.736. The van der Waals surface area contributed by atoms with Gasteiger partial charge in [-0.15, -0.1) is 0 Å². The highest BCUT2D eigenvalue weighted by atomic mass is 79.9. The summed E-state index contributed by atoms with van der Waals surface area (Å²) in [6.45, 7) is 12.1. The summed E-state index contributed by atoms with van der Waals surface area (Å²) in [6, 6.07) is 8.37. The Morgan fingerprint density at radius 2 is 1.16 bits per heavy atom. The molecule has 0 aliphatic rings. The topological polar surface area (TPSA) is 72.3 Å². The first-order valence-electron chi connectivity index (χ1n) is 9.87. The molecule has 0 saturated carbocycles. The average molecular weight is 546 g/mol. The Kier molecular flexibility index (Phi) is 7.11. The predicted octanol–water partition coefficient (Wildman–Crippen LogP) is 6.33. The number of rotatable bonds is 2. The van der Waals surface area contributed by atoms with Crippen LogP contribution >= 0.6 is 31.9 Å². The van der Waals surface area contributed by atoms with Crippen molar-refractivity contribution in [3.05, 3.63) is 67.1 Å². The molecule has 6 nitrogen and oxygen atoms in total. The third-order valence-corrected chi connectivity index (χ3v) is 7.47. The van der Waals surface area contributed by atoms with Crippen LogP contribution in [-0.4, -0.2) is 29.9 Å². The fourth-order valence-corrected chi connectivity index (χ4v) is 3.66. The lowest BCUT2D eigenvalue weighted by atomic mass is 10.1. The van der Waals surface area contributed by atoms with E-state index in [1.54, 1.807) is 4.68 Å². The minimum atomic E-state index is 0.756. The number of aromatic nitrogens is 6. The summed E-state index contributed by atoms with van der Waals surface area (Å²) in [7, 11) is 1.91. The van der Waals surface area contributed by atoms with Crippen molar-refractivity contribution in [2.45, 2.75) is 41.5 Å². The molecule has 0 fully saturated rings. The minimum absolute atomic E-state index is 0.756. The van der Waals surface area contributed by atoms with Crippen LogP contribution in [0.3, 0.4) is 0 Å². The van der Waals surface area contributed by atoms with E-state index in [1.807, 2.05) is 20.9 Å². The summed E-state index contributed by atoms with van der Waals surface area (Å²) in [5.41, 5.74) is 6.94. The van der Waals surface area contributed by atoms with Crippen molar-refractivity contribution in [1.82, 2.24) is 29.9 Å². The molecule has 0 atom stereocenters. The number of hydrogen-bond acceptors (Lipinski definition) is 4. The van der Waals surface area contributed by atoms with Gasteiger partial charge in [0.05, 0.1) is 0 Å². The van der Waals surface area contributed by atoms with E-state index in [0.29, 0.717) is 0 Å². The zero-order chi connectivity index (χ0) is 22.9. The number of aromatic amines is 1. The second-order valence-corrected chi connectivity index (χ2v) is 9.28. The zero-order valence-corrected chi connectivity index (χ0v) is 22.0. The minimum Gasteiger partial charge on any atom is -0.263 e. The second-order valence-electron chi connectivity index (χ2n) is 7.70. The fourth-order valence-electron chi connectivity index (χ4n) is 3.21. The maximum Gasteiger partial charge on any atom is 0.181 e. The van der Waals surface area contributed by atoms with Crippen LogP contribution < -0.4 is 0 Å². The van der Waals surface area contributed by atoms with Crippen molar-refractivity contribution >= 4 is 31.9 Å². The molecular weight excluding hydrogens is 520 g/mol. The van der Waals surface area contributed by atoms with Crippen LogP contribution in [0.25, 0.3) is 22.8 Å². The molecule has 31 heavy (non-hydrogen) atoms. The van der Waals surface area contributed by atoms with E-state index in [2.05, 4.69) is 109 Å². The molecule has 2 aromatic carbocycles. The molecule has 0 amide bonds. The second kappa shape index (κ2) is 9.44. The van der Waals surface area contributed by atoms with Crippen LogP contribution in [0.4, 0.5) is 0 Å². The van der Waals surface area contributed by atoms with Gasteiger partial charge in [0.1, 0.15) is 11.6 Å². The van der Waals surface area contributed by atoms with Crippen LogP contribution in [0.2, 0.25) is 0 Å². The summed E-state index contributed by atoms with van der Waals surface area (Å²) in [5, 5.41) is 11.4. The van der Waals surface area contributed by atoms with Crippen molar-refractivity contribution in [1.29, 1.82) is 0 Å². The molecule has 0 spiro atoms. The molecule has 162 valence electrons. The van der Waals surface area contributed by atoms with E-state index in [9.17, 15) is 0 Å². The van der Waals surface area contributed by atoms with Gasteiger partial charge < -0.3 is 0 Å². The number of halogens is 2. The molecule has 2 aromatic heterocycles. The predicted molar refractivity (Wildman–Crippen MR) is 132 cm³/mol.